The number of aliphatic imine (C=N–C) groups is 1. The molecule has 3 rings (SSSR count). The van der Waals surface area contributed by atoms with Gasteiger partial charge >= 0.3 is 12.1 Å². The van der Waals surface area contributed by atoms with Crippen molar-refractivity contribution in [2.75, 3.05) is 0 Å². The normalized spacial score (nSPS) is 20.5. The molecule has 1 aromatic rings. The summed E-state index contributed by atoms with van der Waals surface area (Å²) in [5.41, 5.74) is -1.39. The number of halogens is 3. The number of carboxylic acids is 1. The van der Waals surface area contributed by atoms with Gasteiger partial charge in [0, 0.05) is 5.56 Å². The summed E-state index contributed by atoms with van der Waals surface area (Å²) in [5, 5.41) is 9.51. The van der Waals surface area contributed by atoms with E-state index in [0.29, 0.717) is 12.8 Å². The average Bonchev–Trinajstić information content (AvgIpc) is 3.15. The zero-order valence-corrected chi connectivity index (χ0v) is 14.2. The quantitative estimate of drug-likeness (QED) is 0.885. The van der Waals surface area contributed by atoms with Crippen molar-refractivity contribution in [1.82, 2.24) is 4.90 Å². The van der Waals surface area contributed by atoms with Crippen LogP contribution >= 0.6 is 0 Å². The van der Waals surface area contributed by atoms with E-state index in [4.69, 9.17) is 0 Å². The van der Waals surface area contributed by atoms with Crippen molar-refractivity contribution in [3.05, 3.63) is 35.4 Å². The predicted molar refractivity (Wildman–Crippen MR) is 87.7 cm³/mol. The first-order chi connectivity index (χ1) is 12.2. The van der Waals surface area contributed by atoms with Gasteiger partial charge in [-0.15, -0.1) is 0 Å². The topological polar surface area (TPSA) is 70.0 Å². The maximum Gasteiger partial charge on any atom is 0.416 e. The summed E-state index contributed by atoms with van der Waals surface area (Å²) < 4.78 is 38.2. The summed E-state index contributed by atoms with van der Waals surface area (Å²) in [7, 11) is 0. The number of aliphatic carboxylic acids is 1. The van der Waals surface area contributed by atoms with Gasteiger partial charge in [-0.05, 0) is 44.2 Å². The van der Waals surface area contributed by atoms with E-state index in [1.807, 2.05) is 0 Å². The molecule has 1 aromatic carbocycles. The minimum Gasteiger partial charge on any atom is -0.480 e. The van der Waals surface area contributed by atoms with Crippen molar-refractivity contribution >= 4 is 17.6 Å². The standard InChI is InChI=1S/C18H19F3N2O3/c1-2-13(16(25)26)23-15(24)14(22-17(23)9-3-4-10-17)11-5-7-12(8-6-11)18(19,20)21/h5-8,13H,2-4,9-10H2,1H3,(H,25,26). The van der Waals surface area contributed by atoms with Gasteiger partial charge in [-0.1, -0.05) is 19.1 Å². The highest BCUT2D eigenvalue weighted by molar-refractivity contribution is 6.47. The molecule has 0 aromatic heterocycles. The number of carboxylic acid groups (broad SMARTS) is 1. The van der Waals surface area contributed by atoms with Crippen LogP contribution in [0.4, 0.5) is 13.2 Å². The van der Waals surface area contributed by atoms with E-state index in [-0.39, 0.29) is 17.7 Å². The van der Waals surface area contributed by atoms with Gasteiger partial charge in [-0.2, -0.15) is 13.2 Å². The first-order valence-electron chi connectivity index (χ1n) is 8.53. The Labute approximate surface area is 148 Å². The van der Waals surface area contributed by atoms with Gasteiger partial charge < -0.3 is 5.11 Å². The van der Waals surface area contributed by atoms with E-state index in [1.54, 1.807) is 6.92 Å². The summed E-state index contributed by atoms with van der Waals surface area (Å²) in [6.45, 7) is 1.69. The van der Waals surface area contributed by atoms with Crippen LogP contribution in [0.3, 0.4) is 0 Å². The molecule has 0 radical (unpaired) electrons. The van der Waals surface area contributed by atoms with E-state index >= 15 is 0 Å². The third-order valence-corrected chi connectivity index (χ3v) is 5.06. The van der Waals surface area contributed by atoms with E-state index < -0.39 is 35.3 Å². The Morgan fingerprint density at radius 3 is 2.31 bits per heavy atom. The first-order valence-corrected chi connectivity index (χ1v) is 8.53. The highest BCUT2D eigenvalue weighted by Crippen LogP contribution is 2.43. The van der Waals surface area contributed by atoms with E-state index in [1.165, 1.54) is 17.0 Å². The number of amides is 1. The largest absolute Gasteiger partial charge is 0.480 e. The number of alkyl halides is 3. The van der Waals surface area contributed by atoms with Gasteiger partial charge in [0.25, 0.3) is 5.91 Å². The summed E-state index contributed by atoms with van der Waals surface area (Å²) >= 11 is 0. The second-order valence-electron chi connectivity index (χ2n) is 6.66. The van der Waals surface area contributed by atoms with Gasteiger partial charge in [0.1, 0.15) is 17.4 Å². The van der Waals surface area contributed by atoms with Crippen molar-refractivity contribution in [3.63, 3.8) is 0 Å². The lowest BCUT2D eigenvalue weighted by atomic mass is 10.0. The van der Waals surface area contributed by atoms with E-state index in [2.05, 4.69) is 4.99 Å². The van der Waals surface area contributed by atoms with Gasteiger partial charge in [0.15, 0.2) is 0 Å². The van der Waals surface area contributed by atoms with Crippen LogP contribution in [0.5, 0.6) is 0 Å². The molecule has 140 valence electrons. The Morgan fingerprint density at radius 2 is 1.85 bits per heavy atom. The molecule has 1 saturated carbocycles. The number of carbonyl (C=O) groups excluding carboxylic acids is 1. The molecule has 1 aliphatic heterocycles. The molecule has 1 atom stereocenters. The lowest BCUT2D eigenvalue weighted by molar-refractivity contribution is -0.151. The van der Waals surface area contributed by atoms with Crippen LogP contribution in [-0.4, -0.2) is 39.3 Å². The highest BCUT2D eigenvalue weighted by atomic mass is 19.4. The third kappa shape index (κ3) is 2.97. The van der Waals surface area contributed by atoms with Gasteiger partial charge in [-0.3, -0.25) is 14.7 Å². The van der Waals surface area contributed by atoms with Gasteiger partial charge in [-0.25, -0.2) is 4.79 Å². The predicted octanol–water partition coefficient (Wildman–Crippen LogP) is 3.47. The fourth-order valence-electron chi connectivity index (χ4n) is 3.81. The van der Waals surface area contributed by atoms with Crippen molar-refractivity contribution in [3.8, 4) is 0 Å². The smallest absolute Gasteiger partial charge is 0.416 e. The molecule has 1 aliphatic carbocycles. The van der Waals surface area contributed by atoms with Crippen LogP contribution in [-0.2, 0) is 15.8 Å². The molecule has 1 spiro atoms. The number of rotatable bonds is 4. The zero-order chi connectivity index (χ0) is 19.1. The monoisotopic (exact) mass is 368 g/mol. The molecule has 0 bridgehead atoms. The molecule has 1 unspecified atom stereocenters. The molecule has 2 aliphatic rings. The van der Waals surface area contributed by atoms with Crippen molar-refractivity contribution in [2.45, 2.75) is 56.9 Å². The van der Waals surface area contributed by atoms with Crippen molar-refractivity contribution in [1.29, 1.82) is 0 Å². The van der Waals surface area contributed by atoms with Crippen LogP contribution in [0.25, 0.3) is 0 Å². The lowest BCUT2D eigenvalue weighted by Gasteiger charge is -2.36. The van der Waals surface area contributed by atoms with Gasteiger partial charge in [0.2, 0.25) is 0 Å². The third-order valence-electron chi connectivity index (χ3n) is 5.06. The van der Waals surface area contributed by atoms with E-state index in [9.17, 15) is 27.9 Å². The van der Waals surface area contributed by atoms with Crippen LogP contribution in [0.1, 0.15) is 50.2 Å². The molecule has 1 fully saturated rings. The number of hydrogen-bond donors (Lipinski definition) is 1. The molecule has 8 heteroatoms. The summed E-state index contributed by atoms with van der Waals surface area (Å²) in [5.74, 6) is -1.63. The van der Waals surface area contributed by atoms with Crippen LogP contribution in [0.15, 0.2) is 29.3 Å². The molecular weight excluding hydrogens is 349 g/mol. The molecular formula is C18H19F3N2O3. The zero-order valence-electron chi connectivity index (χ0n) is 14.2. The maximum atomic E-state index is 13.0. The Bertz CT molecular complexity index is 750. The molecule has 0 saturated heterocycles. The average molecular weight is 368 g/mol. The fourth-order valence-corrected chi connectivity index (χ4v) is 3.81. The summed E-state index contributed by atoms with van der Waals surface area (Å²) in [6.07, 6.45) is -1.46. The van der Waals surface area contributed by atoms with Crippen LogP contribution in [0.2, 0.25) is 0 Å². The minimum atomic E-state index is -4.46. The molecule has 1 heterocycles. The SMILES string of the molecule is CCC(C(=O)O)N1C(=O)C(c2ccc(C(F)(F)F)cc2)=NC12CCCC2. The Hall–Kier alpha value is -2.38. The molecule has 5 nitrogen and oxygen atoms in total. The van der Waals surface area contributed by atoms with Crippen molar-refractivity contribution in [2.24, 2.45) is 4.99 Å². The van der Waals surface area contributed by atoms with Crippen molar-refractivity contribution < 1.29 is 27.9 Å². The fraction of sp³-hybridized carbons (Fsp3) is 0.500. The second-order valence-corrected chi connectivity index (χ2v) is 6.66. The summed E-state index contributed by atoms with van der Waals surface area (Å²) in [4.78, 5) is 30.5. The summed E-state index contributed by atoms with van der Waals surface area (Å²) in [6, 6.07) is 3.24. The maximum absolute atomic E-state index is 13.0. The molecule has 1 N–H and O–H groups in total. The Kier molecular flexibility index (Phi) is 4.54. The first kappa shape index (κ1) is 18.4. The highest BCUT2D eigenvalue weighted by Gasteiger charge is 2.52. The van der Waals surface area contributed by atoms with E-state index in [0.717, 1.165) is 25.0 Å². The number of hydrogen-bond acceptors (Lipinski definition) is 3. The number of nitrogens with zero attached hydrogens (tertiary/aromatic N) is 2. The Morgan fingerprint density at radius 1 is 1.27 bits per heavy atom. The Balaban J connectivity index is 2.00. The number of benzene rings is 1. The second kappa shape index (κ2) is 6.41. The van der Waals surface area contributed by atoms with Crippen LogP contribution in [0, 0.1) is 0 Å². The molecule has 26 heavy (non-hydrogen) atoms. The van der Waals surface area contributed by atoms with Crippen LogP contribution < -0.4 is 0 Å². The van der Waals surface area contributed by atoms with Gasteiger partial charge in [0.05, 0.1) is 5.56 Å². The minimum absolute atomic E-state index is 0.0420. The molecule has 1 amide bonds. The lowest BCUT2D eigenvalue weighted by Crippen LogP contribution is -2.54. The number of carbonyl (C=O) groups is 2.